The number of aromatic nitrogens is 2. The predicted molar refractivity (Wildman–Crippen MR) is 108 cm³/mol. The molecular formula is C20H27FN6O. The van der Waals surface area contributed by atoms with E-state index in [-0.39, 0.29) is 17.9 Å². The zero-order chi connectivity index (χ0) is 19.9. The van der Waals surface area contributed by atoms with E-state index in [4.69, 9.17) is 0 Å². The molecule has 1 fully saturated rings. The third-order valence-corrected chi connectivity index (χ3v) is 4.86. The highest BCUT2D eigenvalue weighted by Gasteiger charge is 2.23. The molecule has 0 saturated heterocycles. The largest absolute Gasteiger partial charge is 0.363 e. The third kappa shape index (κ3) is 5.80. The van der Waals surface area contributed by atoms with Crippen LogP contribution in [0.3, 0.4) is 0 Å². The number of anilines is 2. The molecule has 0 bridgehead atoms. The summed E-state index contributed by atoms with van der Waals surface area (Å²) >= 11 is 0. The van der Waals surface area contributed by atoms with E-state index in [1.165, 1.54) is 12.1 Å². The molecular weight excluding hydrogens is 359 g/mol. The van der Waals surface area contributed by atoms with Gasteiger partial charge in [0.05, 0.1) is 0 Å². The molecule has 2 amide bonds. The maximum Gasteiger partial charge on any atom is 0.315 e. The first kappa shape index (κ1) is 19.9. The van der Waals surface area contributed by atoms with E-state index in [0.29, 0.717) is 18.5 Å². The van der Waals surface area contributed by atoms with Crippen molar-refractivity contribution in [3.63, 3.8) is 0 Å². The molecule has 0 radical (unpaired) electrons. The van der Waals surface area contributed by atoms with Gasteiger partial charge >= 0.3 is 6.03 Å². The fourth-order valence-corrected chi connectivity index (χ4v) is 3.25. The van der Waals surface area contributed by atoms with Gasteiger partial charge in [-0.3, -0.25) is 0 Å². The van der Waals surface area contributed by atoms with Gasteiger partial charge in [-0.1, -0.05) is 12.1 Å². The van der Waals surface area contributed by atoms with Crippen molar-refractivity contribution in [2.24, 2.45) is 0 Å². The number of amides is 2. The van der Waals surface area contributed by atoms with Crippen LogP contribution in [0.2, 0.25) is 0 Å². The minimum atomic E-state index is -0.280. The fraction of sp³-hybridized carbons (Fsp3) is 0.450. The van der Waals surface area contributed by atoms with Gasteiger partial charge < -0.3 is 20.9 Å². The number of hydrogen-bond donors (Lipinski definition) is 3. The number of hydrogen-bond acceptors (Lipinski definition) is 5. The van der Waals surface area contributed by atoms with Crippen molar-refractivity contribution in [1.82, 2.24) is 20.6 Å². The van der Waals surface area contributed by atoms with Crippen molar-refractivity contribution in [3.05, 3.63) is 47.9 Å². The summed E-state index contributed by atoms with van der Waals surface area (Å²) in [6.45, 7) is 0.378. The Morgan fingerprint density at radius 2 is 1.79 bits per heavy atom. The minimum Gasteiger partial charge on any atom is -0.363 e. The number of rotatable bonds is 6. The molecule has 7 nitrogen and oxygen atoms in total. The minimum absolute atomic E-state index is 0.153. The average Bonchev–Trinajstić information content (AvgIpc) is 2.69. The molecule has 0 unspecified atom stereocenters. The zero-order valence-electron chi connectivity index (χ0n) is 16.3. The predicted octanol–water partition coefficient (Wildman–Crippen LogP) is 2.90. The third-order valence-electron chi connectivity index (χ3n) is 4.86. The van der Waals surface area contributed by atoms with E-state index < -0.39 is 0 Å². The molecule has 1 aromatic carbocycles. The second-order valence-electron chi connectivity index (χ2n) is 7.28. The number of nitrogens with zero attached hydrogens (tertiary/aromatic N) is 3. The summed E-state index contributed by atoms with van der Waals surface area (Å²) in [7, 11) is 3.90. The summed E-state index contributed by atoms with van der Waals surface area (Å²) in [5.41, 5.74) is 0.865. The van der Waals surface area contributed by atoms with E-state index >= 15 is 0 Å². The van der Waals surface area contributed by atoms with Crippen molar-refractivity contribution >= 4 is 17.8 Å². The summed E-state index contributed by atoms with van der Waals surface area (Å²) < 4.78 is 12.9. The Labute approximate surface area is 164 Å². The first-order valence-corrected chi connectivity index (χ1v) is 9.55. The quantitative estimate of drug-likeness (QED) is 0.711. The van der Waals surface area contributed by atoms with Crippen LogP contribution in [0.25, 0.3) is 0 Å². The second kappa shape index (κ2) is 9.34. The van der Waals surface area contributed by atoms with Crippen LogP contribution >= 0.6 is 0 Å². The van der Waals surface area contributed by atoms with Crippen molar-refractivity contribution in [3.8, 4) is 0 Å². The molecule has 28 heavy (non-hydrogen) atoms. The summed E-state index contributed by atoms with van der Waals surface area (Å²) in [6.07, 6.45) is 5.43. The maximum absolute atomic E-state index is 12.9. The number of carbonyl (C=O) groups is 1. The number of nitrogens with one attached hydrogen (secondary N) is 3. The lowest BCUT2D eigenvalue weighted by Gasteiger charge is -2.29. The van der Waals surface area contributed by atoms with Crippen molar-refractivity contribution < 1.29 is 9.18 Å². The van der Waals surface area contributed by atoms with E-state index in [0.717, 1.165) is 37.1 Å². The van der Waals surface area contributed by atoms with Crippen LogP contribution in [0.4, 0.5) is 21.0 Å². The lowest BCUT2D eigenvalue weighted by atomic mass is 9.91. The SMILES string of the molecule is CN(C)c1ccnc(NC2CCC(NC(=O)NCc3ccc(F)cc3)CC2)n1. The Morgan fingerprint density at radius 3 is 2.46 bits per heavy atom. The number of carbonyl (C=O) groups excluding carboxylic acids is 1. The van der Waals surface area contributed by atoms with E-state index in [1.54, 1.807) is 18.3 Å². The standard InChI is InChI=1S/C20H27FN6O/c1-27(2)18-11-12-22-19(26-18)24-16-7-9-17(10-8-16)25-20(28)23-13-14-3-5-15(21)6-4-14/h3-6,11-12,16-17H,7-10,13H2,1-2H3,(H,22,24,26)(H2,23,25,28). The molecule has 2 aromatic rings. The molecule has 0 spiro atoms. The van der Waals surface area contributed by atoms with Crippen molar-refractivity contribution in [2.75, 3.05) is 24.3 Å². The van der Waals surface area contributed by atoms with Gasteiger partial charge in [0.25, 0.3) is 0 Å². The highest BCUT2D eigenvalue weighted by molar-refractivity contribution is 5.74. The monoisotopic (exact) mass is 386 g/mol. The lowest BCUT2D eigenvalue weighted by Crippen LogP contribution is -2.44. The summed E-state index contributed by atoms with van der Waals surface area (Å²) in [6, 6.07) is 8.25. The zero-order valence-corrected chi connectivity index (χ0v) is 16.3. The summed E-state index contributed by atoms with van der Waals surface area (Å²) in [5, 5.41) is 9.23. The van der Waals surface area contributed by atoms with E-state index in [9.17, 15) is 9.18 Å². The highest BCUT2D eigenvalue weighted by atomic mass is 19.1. The molecule has 1 aliphatic carbocycles. The van der Waals surface area contributed by atoms with Crippen LogP contribution in [-0.2, 0) is 6.54 Å². The lowest BCUT2D eigenvalue weighted by molar-refractivity contribution is 0.231. The topological polar surface area (TPSA) is 82.2 Å². The molecule has 1 heterocycles. The number of benzene rings is 1. The molecule has 0 aliphatic heterocycles. The average molecular weight is 386 g/mol. The maximum atomic E-state index is 12.9. The van der Waals surface area contributed by atoms with Crippen LogP contribution < -0.4 is 20.9 Å². The molecule has 1 saturated carbocycles. The van der Waals surface area contributed by atoms with Gasteiger partial charge in [0.15, 0.2) is 0 Å². The Morgan fingerprint density at radius 1 is 1.11 bits per heavy atom. The van der Waals surface area contributed by atoms with Crippen LogP contribution in [0.15, 0.2) is 36.5 Å². The van der Waals surface area contributed by atoms with Gasteiger partial charge in [0.1, 0.15) is 11.6 Å². The summed E-state index contributed by atoms with van der Waals surface area (Å²) in [4.78, 5) is 22.8. The van der Waals surface area contributed by atoms with Crippen LogP contribution in [0, 0.1) is 5.82 Å². The molecule has 8 heteroatoms. The van der Waals surface area contributed by atoms with Gasteiger partial charge in [-0.25, -0.2) is 14.2 Å². The molecule has 1 aliphatic rings. The Kier molecular flexibility index (Phi) is 6.62. The van der Waals surface area contributed by atoms with Gasteiger partial charge in [0.2, 0.25) is 5.95 Å². The first-order valence-electron chi connectivity index (χ1n) is 9.55. The van der Waals surface area contributed by atoms with Crippen molar-refractivity contribution in [2.45, 2.75) is 44.3 Å². The van der Waals surface area contributed by atoms with Gasteiger partial charge in [-0.05, 0) is 49.4 Å². The normalized spacial score (nSPS) is 19.0. The smallest absolute Gasteiger partial charge is 0.315 e. The van der Waals surface area contributed by atoms with Crippen molar-refractivity contribution in [1.29, 1.82) is 0 Å². The van der Waals surface area contributed by atoms with Gasteiger partial charge in [-0.15, -0.1) is 0 Å². The Hall–Kier alpha value is -2.90. The molecule has 1 aromatic heterocycles. The van der Waals surface area contributed by atoms with E-state index in [2.05, 4.69) is 25.9 Å². The van der Waals surface area contributed by atoms with E-state index in [1.807, 2.05) is 25.1 Å². The number of halogens is 1. The molecule has 3 N–H and O–H groups in total. The molecule has 0 atom stereocenters. The second-order valence-corrected chi connectivity index (χ2v) is 7.28. The number of urea groups is 1. The highest BCUT2D eigenvalue weighted by Crippen LogP contribution is 2.21. The fourth-order valence-electron chi connectivity index (χ4n) is 3.25. The molecule has 150 valence electrons. The van der Waals surface area contributed by atoms with Crippen LogP contribution in [-0.4, -0.2) is 42.2 Å². The summed E-state index contributed by atoms with van der Waals surface area (Å²) in [5.74, 6) is 1.22. The Bertz CT molecular complexity index is 775. The van der Waals surface area contributed by atoms with Gasteiger partial charge in [0, 0.05) is 38.9 Å². The van der Waals surface area contributed by atoms with Gasteiger partial charge in [-0.2, -0.15) is 4.98 Å². The Balaban J connectivity index is 1.39. The van der Waals surface area contributed by atoms with Crippen LogP contribution in [0.5, 0.6) is 0 Å². The first-order chi connectivity index (χ1) is 13.5. The molecule has 3 rings (SSSR count). The van der Waals surface area contributed by atoms with Crippen LogP contribution in [0.1, 0.15) is 31.2 Å².